The predicted octanol–water partition coefficient (Wildman–Crippen LogP) is 2.07. The third-order valence-electron chi connectivity index (χ3n) is 5.53. The van der Waals surface area contributed by atoms with Crippen molar-refractivity contribution in [3.05, 3.63) is 72.6 Å². The number of benzene rings is 3. The van der Waals surface area contributed by atoms with E-state index in [0.717, 1.165) is 35.0 Å². The Morgan fingerprint density at radius 1 is 0.931 bits per heavy atom. The minimum Gasteiger partial charge on any atom is -0.435 e. The molecule has 0 bridgehead atoms. The van der Waals surface area contributed by atoms with Crippen molar-refractivity contribution < 1.29 is 17.7 Å². The van der Waals surface area contributed by atoms with Crippen LogP contribution in [0, 0.1) is 0 Å². The molecule has 6 nitrogen and oxygen atoms in total. The van der Waals surface area contributed by atoms with Crippen LogP contribution in [-0.4, -0.2) is 43.9 Å². The van der Waals surface area contributed by atoms with Crippen molar-refractivity contribution in [3.8, 4) is 0 Å². The summed E-state index contributed by atoms with van der Waals surface area (Å²) in [7, 11) is -3.49. The zero-order valence-electron chi connectivity index (χ0n) is 15.9. The Labute approximate surface area is 169 Å². The van der Waals surface area contributed by atoms with E-state index < -0.39 is 10.0 Å². The number of oxazole rings is 1. The Bertz CT molecular complexity index is 1240. The summed E-state index contributed by atoms with van der Waals surface area (Å²) < 4.78 is 33.6. The van der Waals surface area contributed by atoms with E-state index in [1.807, 2.05) is 54.6 Å². The van der Waals surface area contributed by atoms with E-state index in [2.05, 4.69) is 4.98 Å². The summed E-state index contributed by atoms with van der Waals surface area (Å²) in [6.45, 7) is 3.10. The van der Waals surface area contributed by atoms with Gasteiger partial charge in [0.2, 0.25) is 10.0 Å². The zero-order valence-corrected chi connectivity index (χ0v) is 16.7. The highest BCUT2D eigenvalue weighted by atomic mass is 32.2. The highest BCUT2D eigenvalue weighted by Gasteiger charge is 2.31. The predicted molar refractivity (Wildman–Crippen MR) is 111 cm³/mol. The van der Waals surface area contributed by atoms with Gasteiger partial charge in [-0.1, -0.05) is 42.5 Å². The van der Waals surface area contributed by atoms with E-state index in [4.69, 9.17) is 4.42 Å². The first-order valence-electron chi connectivity index (χ1n) is 9.76. The smallest absolute Gasteiger partial charge is 0.251 e. The van der Waals surface area contributed by atoms with Crippen LogP contribution < -0.4 is 4.90 Å². The first-order chi connectivity index (χ1) is 14.1. The van der Waals surface area contributed by atoms with Crippen LogP contribution in [0.25, 0.3) is 21.9 Å². The fourth-order valence-electron chi connectivity index (χ4n) is 3.91. The maximum absolute atomic E-state index is 13.1. The molecule has 7 heteroatoms. The number of rotatable bonds is 4. The summed E-state index contributed by atoms with van der Waals surface area (Å²) in [5.74, 6) is 0.701. The van der Waals surface area contributed by atoms with Gasteiger partial charge in [0.15, 0.2) is 12.1 Å². The summed E-state index contributed by atoms with van der Waals surface area (Å²) in [6, 6.07) is 20.9. The van der Waals surface area contributed by atoms with Crippen LogP contribution in [0.2, 0.25) is 0 Å². The van der Waals surface area contributed by atoms with Gasteiger partial charge in [-0.3, -0.25) is 0 Å². The molecule has 1 saturated heterocycles. The summed E-state index contributed by atoms with van der Waals surface area (Å²) >= 11 is 0. The molecule has 0 atom stereocenters. The van der Waals surface area contributed by atoms with Crippen molar-refractivity contribution in [2.24, 2.45) is 0 Å². The zero-order chi connectivity index (χ0) is 19.8. The molecule has 0 unspecified atom stereocenters. The average Bonchev–Trinajstić information content (AvgIpc) is 3.16. The molecule has 0 amide bonds. The van der Waals surface area contributed by atoms with Crippen molar-refractivity contribution in [1.29, 1.82) is 0 Å². The normalized spacial score (nSPS) is 16.6. The molecule has 0 spiro atoms. The van der Waals surface area contributed by atoms with Gasteiger partial charge in [0.05, 0.1) is 31.1 Å². The molecular weight excluding hydrogens is 386 g/mol. The molecule has 5 rings (SSSR count). The van der Waals surface area contributed by atoms with E-state index >= 15 is 0 Å². The van der Waals surface area contributed by atoms with Gasteiger partial charge >= 0.3 is 0 Å². The van der Waals surface area contributed by atoms with Crippen molar-refractivity contribution in [1.82, 2.24) is 9.29 Å². The number of hydrogen-bond acceptors (Lipinski definition) is 4. The van der Waals surface area contributed by atoms with Crippen LogP contribution in [0.5, 0.6) is 0 Å². The third-order valence-corrected chi connectivity index (χ3v) is 7.42. The molecule has 2 heterocycles. The van der Waals surface area contributed by atoms with Crippen LogP contribution in [0.15, 0.2) is 76.0 Å². The number of piperazine rings is 1. The molecule has 0 saturated carbocycles. The van der Waals surface area contributed by atoms with Gasteiger partial charge < -0.3 is 9.32 Å². The Balaban J connectivity index is 1.28. The molecule has 3 aromatic carbocycles. The number of para-hydroxylation sites is 2. The molecule has 0 radical (unpaired) electrons. The number of aromatic nitrogens is 1. The Kier molecular flexibility index (Phi) is 4.58. The molecule has 1 aliphatic rings. The topological polar surface area (TPSA) is 67.8 Å². The van der Waals surface area contributed by atoms with Crippen molar-refractivity contribution >= 4 is 31.9 Å². The van der Waals surface area contributed by atoms with Crippen LogP contribution >= 0.6 is 0 Å². The molecule has 1 aliphatic heterocycles. The monoisotopic (exact) mass is 408 g/mol. The van der Waals surface area contributed by atoms with E-state index in [1.54, 1.807) is 16.4 Å². The molecular formula is C22H22N3O3S+. The molecule has 1 aromatic heterocycles. The van der Waals surface area contributed by atoms with Gasteiger partial charge in [-0.25, -0.2) is 13.4 Å². The fraction of sp³-hybridized carbons (Fsp3) is 0.227. The highest BCUT2D eigenvalue weighted by molar-refractivity contribution is 7.89. The largest absolute Gasteiger partial charge is 0.435 e. The second-order valence-corrected chi connectivity index (χ2v) is 9.35. The summed E-state index contributed by atoms with van der Waals surface area (Å²) in [6.07, 6.45) is 0. The summed E-state index contributed by atoms with van der Waals surface area (Å²) in [5, 5.41) is 1.98. The molecule has 0 aliphatic carbocycles. The lowest BCUT2D eigenvalue weighted by molar-refractivity contribution is -0.918. The maximum atomic E-state index is 13.1. The Morgan fingerprint density at radius 2 is 1.66 bits per heavy atom. The molecule has 1 fully saturated rings. The second kappa shape index (κ2) is 7.26. The van der Waals surface area contributed by atoms with Crippen LogP contribution in [-0.2, 0) is 16.6 Å². The molecule has 29 heavy (non-hydrogen) atoms. The first kappa shape index (κ1) is 18.3. The van der Waals surface area contributed by atoms with E-state index in [0.29, 0.717) is 30.4 Å². The average molecular weight is 409 g/mol. The lowest BCUT2D eigenvalue weighted by atomic mass is 10.1. The van der Waals surface area contributed by atoms with E-state index in [1.165, 1.54) is 4.90 Å². The van der Waals surface area contributed by atoms with Gasteiger partial charge in [0, 0.05) is 0 Å². The minimum absolute atomic E-state index is 0.360. The maximum Gasteiger partial charge on any atom is 0.251 e. The molecule has 148 valence electrons. The Hall–Kier alpha value is -2.74. The first-order valence-corrected chi connectivity index (χ1v) is 11.2. The molecule has 1 N–H and O–H groups in total. The summed E-state index contributed by atoms with van der Waals surface area (Å²) in [5.41, 5.74) is 1.65. The summed E-state index contributed by atoms with van der Waals surface area (Å²) in [4.78, 5) is 6.17. The van der Waals surface area contributed by atoms with Gasteiger partial charge in [-0.15, -0.1) is 0 Å². The standard InChI is InChI=1S/C22H21N3O3S/c26-29(27,19-10-9-17-5-1-2-6-18(17)15-19)25-13-11-24(12-14-25)16-22-23-20-7-3-4-8-21(20)28-22/h1-10,15H,11-14,16H2/p+1. The van der Waals surface area contributed by atoms with Gasteiger partial charge in [-0.05, 0) is 35.0 Å². The minimum atomic E-state index is -3.49. The van der Waals surface area contributed by atoms with Crippen molar-refractivity contribution in [2.75, 3.05) is 26.2 Å². The lowest BCUT2D eigenvalue weighted by Gasteiger charge is -2.30. The lowest BCUT2D eigenvalue weighted by Crippen LogP contribution is -3.13. The van der Waals surface area contributed by atoms with Crippen LogP contribution in [0.1, 0.15) is 5.89 Å². The molecule has 4 aromatic rings. The van der Waals surface area contributed by atoms with E-state index in [-0.39, 0.29) is 0 Å². The van der Waals surface area contributed by atoms with E-state index in [9.17, 15) is 8.42 Å². The number of nitrogens with one attached hydrogen (secondary N) is 1. The highest BCUT2D eigenvalue weighted by Crippen LogP contribution is 2.22. The van der Waals surface area contributed by atoms with Gasteiger partial charge in [-0.2, -0.15) is 4.31 Å². The van der Waals surface area contributed by atoms with Crippen molar-refractivity contribution in [3.63, 3.8) is 0 Å². The number of fused-ring (bicyclic) bond motifs is 2. The van der Waals surface area contributed by atoms with Crippen LogP contribution in [0.3, 0.4) is 0 Å². The van der Waals surface area contributed by atoms with Crippen molar-refractivity contribution in [2.45, 2.75) is 11.4 Å². The fourth-order valence-corrected chi connectivity index (χ4v) is 5.38. The third kappa shape index (κ3) is 3.53. The number of quaternary nitrogens is 1. The SMILES string of the molecule is O=S(=O)(c1ccc2ccccc2c1)N1CC[NH+](Cc2nc3ccccc3o2)CC1. The second-order valence-electron chi connectivity index (χ2n) is 7.42. The Morgan fingerprint density at radius 3 is 2.45 bits per heavy atom. The number of hydrogen-bond donors (Lipinski definition) is 1. The van der Waals surface area contributed by atoms with Gasteiger partial charge in [0.25, 0.3) is 5.89 Å². The quantitative estimate of drug-likeness (QED) is 0.561. The number of sulfonamides is 1. The van der Waals surface area contributed by atoms with Crippen LogP contribution in [0.4, 0.5) is 0 Å². The number of nitrogens with zero attached hydrogens (tertiary/aromatic N) is 2. The van der Waals surface area contributed by atoms with Gasteiger partial charge in [0.1, 0.15) is 5.52 Å².